The summed E-state index contributed by atoms with van der Waals surface area (Å²) in [6, 6.07) is 5.69. The summed E-state index contributed by atoms with van der Waals surface area (Å²) in [7, 11) is 1.61. The summed E-state index contributed by atoms with van der Waals surface area (Å²) < 4.78 is 7.62. The van der Waals surface area contributed by atoms with Crippen LogP contribution in [-0.2, 0) is 11.3 Å². The molecule has 0 bridgehead atoms. The summed E-state index contributed by atoms with van der Waals surface area (Å²) in [6.07, 6.45) is 0.0524. The Morgan fingerprint density at radius 2 is 2.14 bits per heavy atom. The number of alkyl halides is 1. The van der Waals surface area contributed by atoms with Crippen LogP contribution >= 0.6 is 11.6 Å². The van der Waals surface area contributed by atoms with E-state index >= 15 is 0 Å². The van der Waals surface area contributed by atoms with Crippen LogP contribution in [0.3, 0.4) is 0 Å². The Labute approximate surface area is 129 Å². The number of nitrogens with one attached hydrogen (secondary N) is 1. The van der Waals surface area contributed by atoms with Gasteiger partial charge in [0.15, 0.2) is 0 Å². The molecule has 1 amide bonds. The van der Waals surface area contributed by atoms with Gasteiger partial charge in [0, 0.05) is 7.05 Å². The number of rotatable bonds is 5. The van der Waals surface area contributed by atoms with Crippen LogP contribution in [0, 0.1) is 0 Å². The molecule has 2 rings (SSSR count). The second-order valence-corrected chi connectivity index (χ2v) is 5.79. The molecule has 0 aliphatic rings. The van der Waals surface area contributed by atoms with Crippen molar-refractivity contribution >= 4 is 28.5 Å². The summed E-state index contributed by atoms with van der Waals surface area (Å²) in [4.78, 5) is 16.3. The molecule has 1 heterocycles. The van der Waals surface area contributed by atoms with Gasteiger partial charge >= 0.3 is 0 Å². The molecule has 0 saturated carbocycles. The van der Waals surface area contributed by atoms with Gasteiger partial charge in [-0.2, -0.15) is 0 Å². The Balaban J connectivity index is 2.59. The summed E-state index contributed by atoms with van der Waals surface area (Å²) in [5, 5.41) is 2.32. The fraction of sp³-hybridized carbons (Fsp3) is 0.467. The van der Waals surface area contributed by atoms with Crippen molar-refractivity contribution in [1.82, 2.24) is 14.9 Å². The number of carbonyl (C=O) groups excluding carboxylic acids is 1. The molecular formula is C15H20ClN3O2. The van der Waals surface area contributed by atoms with Crippen LogP contribution in [0.15, 0.2) is 18.2 Å². The minimum Gasteiger partial charge on any atom is -0.489 e. The molecule has 0 aliphatic heterocycles. The topological polar surface area (TPSA) is 56.2 Å². The molecule has 1 aromatic carbocycles. The van der Waals surface area contributed by atoms with Crippen LogP contribution in [0.2, 0.25) is 0 Å². The van der Waals surface area contributed by atoms with Crippen LogP contribution in [0.25, 0.3) is 11.0 Å². The van der Waals surface area contributed by atoms with Crippen molar-refractivity contribution in [2.45, 2.75) is 38.8 Å². The van der Waals surface area contributed by atoms with E-state index in [1.807, 2.05) is 43.5 Å². The number of aromatic nitrogens is 2. The maximum absolute atomic E-state index is 11.7. The average Bonchev–Trinajstić information content (AvgIpc) is 2.78. The highest BCUT2D eigenvalue weighted by Gasteiger charge is 2.19. The maximum atomic E-state index is 11.7. The zero-order chi connectivity index (χ0) is 15.6. The van der Waals surface area contributed by atoms with Crippen molar-refractivity contribution in [3.63, 3.8) is 0 Å². The summed E-state index contributed by atoms with van der Waals surface area (Å²) in [5.41, 5.74) is 1.58. The molecule has 0 spiro atoms. The van der Waals surface area contributed by atoms with Crippen LogP contribution in [-0.4, -0.2) is 28.6 Å². The quantitative estimate of drug-likeness (QED) is 0.864. The molecule has 1 atom stereocenters. The number of benzene rings is 1. The molecule has 0 fully saturated rings. The smallest absolute Gasteiger partial charge is 0.239 e. The van der Waals surface area contributed by atoms with E-state index in [-0.39, 0.29) is 23.9 Å². The first kappa shape index (κ1) is 15.6. The number of halogens is 1. The number of likely N-dealkylation sites (N-methyl/N-ethyl adjacent to an activating group) is 1. The molecule has 1 unspecified atom stereocenters. The zero-order valence-electron chi connectivity index (χ0n) is 12.7. The highest BCUT2D eigenvalue weighted by Crippen LogP contribution is 2.30. The van der Waals surface area contributed by atoms with Gasteiger partial charge in [0.1, 0.15) is 23.6 Å². The number of amides is 1. The van der Waals surface area contributed by atoms with Gasteiger partial charge in [0.2, 0.25) is 5.91 Å². The van der Waals surface area contributed by atoms with Gasteiger partial charge in [-0.25, -0.2) is 4.98 Å². The van der Waals surface area contributed by atoms with Gasteiger partial charge < -0.3 is 14.6 Å². The molecule has 21 heavy (non-hydrogen) atoms. The lowest BCUT2D eigenvalue weighted by Crippen LogP contribution is -2.24. The first-order chi connectivity index (χ1) is 9.93. The Bertz CT molecular complexity index is 650. The van der Waals surface area contributed by atoms with Crippen LogP contribution in [0.4, 0.5) is 0 Å². The second-order valence-electron chi connectivity index (χ2n) is 5.14. The van der Waals surface area contributed by atoms with E-state index in [0.29, 0.717) is 11.6 Å². The number of hydrogen-bond donors (Lipinski definition) is 1. The molecular weight excluding hydrogens is 290 g/mol. The van der Waals surface area contributed by atoms with Crippen molar-refractivity contribution in [2.75, 3.05) is 7.05 Å². The Morgan fingerprint density at radius 3 is 2.71 bits per heavy atom. The third-order valence-electron chi connectivity index (χ3n) is 3.07. The highest BCUT2D eigenvalue weighted by molar-refractivity contribution is 6.20. The lowest BCUT2D eigenvalue weighted by molar-refractivity contribution is -0.121. The minimum absolute atomic E-state index is 0.0524. The normalized spacial score (nSPS) is 12.7. The van der Waals surface area contributed by atoms with Gasteiger partial charge in [-0.15, -0.1) is 11.6 Å². The summed E-state index contributed by atoms with van der Waals surface area (Å²) in [6.45, 7) is 5.95. The molecule has 1 aromatic heterocycles. The molecule has 0 aliphatic carbocycles. The molecule has 114 valence electrons. The molecule has 0 saturated heterocycles. The van der Waals surface area contributed by atoms with Crippen molar-refractivity contribution in [1.29, 1.82) is 0 Å². The standard InChI is InChI=1S/C15H20ClN3O2/c1-9(2)21-12-7-5-6-11-14(12)18-15(10(3)16)19(11)8-13(20)17-4/h5-7,9-10H,8H2,1-4H3,(H,17,20). The fourth-order valence-corrected chi connectivity index (χ4v) is 2.35. The number of hydrogen-bond acceptors (Lipinski definition) is 3. The molecule has 1 N–H and O–H groups in total. The van der Waals surface area contributed by atoms with Crippen molar-refractivity contribution in [3.05, 3.63) is 24.0 Å². The molecule has 0 radical (unpaired) electrons. The predicted molar refractivity (Wildman–Crippen MR) is 83.8 cm³/mol. The first-order valence-corrected chi connectivity index (χ1v) is 7.38. The zero-order valence-corrected chi connectivity index (χ0v) is 13.4. The van der Waals surface area contributed by atoms with E-state index in [9.17, 15) is 4.79 Å². The lowest BCUT2D eigenvalue weighted by atomic mass is 10.3. The van der Waals surface area contributed by atoms with Crippen molar-refractivity contribution < 1.29 is 9.53 Å². The Hall–Kier alpha value is -1.75. The van der Waals surface area contributed by atoms with Crippen molar-refractivity contribution in [2.24, 2.45) is 0 Å². The number of imidazole rings is 1. The predicted octanol–water partition coefficient (Wildman–Crippen LogP) is 2.87. The van der Waals surface area contributed by atoms with Crippen LogP contribution in [0.1, 0.15) is 32.0 Å². The van der Waals surface area contributed by atoms with E-state index in [1.165, 1.54) is 0 Å². The van der Waals surface area contributed by atoms with Gasteiger partial charge in [0.05, 0.1) is 17.0 Å². The van der Waals surface area contributed by atoms with E-state index in [4.69, 9.17) is 16.3 Å². The SMILES string of the molecule is CNC(=O)Cn1c(C(C)Cl)nc2c(OC(C)C)cccc21. The van der Waals surface area contributed by atoms with E-state index in [1.54, 1.807) is 7.05 Å². The number of ether oxygens (including phenoxy) is 1. The number of nitrogens with zero attached hydrogens (tertiary/aromatic N) is 2. The average molecular weight is 310 g/mol. The second kappa shape index (κ2) is 6.35. The number of carbonyl (C=O) groups is 1. The van der Waals surface area contributed by atoms with Crippen molar-refractivity contribution in [3.8, 4) is 5.75 Å². The minimum atomic E-state index is -0.297. The largest absolute Gasteiger partial charge is 0.489 e. The molecule has 6 heteroatoms. The highest BCUT2D eigenvalue weighted by atomic mass is 35.5. The Kier molecular flexibility index (Phi) is 4.73. The van der Waals surface area contributed by atoms with Gasteiger partial charge in [-0.1, -0.05) is 6.07 Å². The fourth-order valence-electron chi connectivity index (χ4n) is 2.18. The van der Waals surface area contributed by atoms with E-state index in [0.717, 1.165) is 11.0 Å². The monoisotopic (exact) mass is 309 g/mol. The molecule has 5 nitrogen and oxygen atoms in total. The van der Waals surface area contributed by atoms with Gasteiger partial charge in [-0.05, 0) is 32.9 Å². The van der Waals surface area contributed by atoms with Crippen LogP contribution in [0.5, 0.6) is 5.75 Å². The number of para-hydroxylation sites is 1. The van der Waals surface area contributed by atoms with E-state index in [2.05, 4.69) is 10.3 Å². The van der Waals surface area contributed by atoms with Crippen LogP contribution < -0.4 is 10.1 Å². The summed E-state index contributed by atoms with van der Waals surface area (Å²) in [5.74, 6) is 1.27. The maximum Gasteiger partial charge on any atom is 0.239 e. The molecule has 2 aromatic rings. The van der Waals surface area contributed by atoms with Gasteiger partial charge in [-0.3, -0.25) is 4.79 Å². The van der Waals surface area contributed by atoms with E-state index < -0.39 is 0 Å². The summed E-state index contributed by atoms with van der Waals surface area (Å²) >= 11 is 6.21. The number of fused-ring (bicyclic) bond motifs is 1. The lowest BCUT2D eigenvalue weighted by Gasteiger charge is -2.11. The first-order valence-electron chi connectivity index (χ1n) is 6.94. The third kappa shape index (κ3) is 3.29. The third-order valence-corrected chi connectivity index (χ3v) is 3.27. The Morgan fingerprint density at radius 1 is 1.43 bits per heavy atom. The van der Waals surface area contributed by atoms with Gasteiger partial charge in [0.25, 0.3) is 0 Å².